The van der Waals surface area contributed by atoms with Gasteiger partial charge in [-0.1, -0.05) is 70.4 Å². The molecular weight excluding hydrogens is 496 g/mol. The van der Waals surface area contributed by atoms with Crippen LogP contribution in [0.1, 0.15) is 115 Å². The number of benzene rings is 1. The average Bonchev–Trinajstić information content (AvgIpc) is 3.09. The fraction of sp³-hybridized carbons (Fsp3) is 0.806. The van der Waals surface area contributed by atoms with Crippen molar-refractivity contribution in [3.63, 3.8) is 0 Å². The molecule has 2 heterocycles. The molecule has 5 rings (SSSR count). The van der Waals surface area contributed by atoms with Crippen LogP contribution in [-0.4, -0.2) is 37.9 Å². The molecule has 2 saturated heterocycles. The summed E-state index contributed by atoms with van der Waals surface area (Å²) in [5, 5.41) is 9.78. The van der Waals surface area contributed by atoms with E-state index >= 15 is 0 Å². The molecule has 6 heteroatoms. The molecule has 208 valence electrons. The SMILES string of the molecule is CC1CC(C2CCCCCC2)SC1CNC1NC(c2ccc(S(C)(=O)=O)cc2)CCC12CCCCCC2. The van der Waals surface area contributed by atoms with E-state index in [2.05, 4.69) is 29.3 Å². The Labute approximate surface area is 230 Å². The molecule has 0 amide bonds. The maximum atomic E-state index is 12.0. The molecule has 1 aromatic rings. The molecular formula is C31H50N2O2S2. The third kappa shape index (κ3) is 6.78. The first-order valence-electron chi connectivity index (χ1n) is 15.3. The Bertz CT molecular complexity index is 963. The lowest BCUT2D eigenvalue weighted by Gasteiger charge is -2.48. The first kappa shape index (κ1) is 28.0. The van der Waals surface area contributed by atoms with E-state index in [0.717, 1.165) is 30.1 Å². The Morgan fingerprint density at radius 2 is 1.57 bits per heavy atom. The summed E-state index contributed by atoms with van der Waals surface area (Å²) in [6.45, 7) is 3.60. The van der Waals surface area contributed by atoms with E-state index < -0.39 is 9.84 Å². The van der Waals surface area contributed by atoms with Crippen LogP contribution in [0.5, 0.6) is 0 Å². The van der Waals surface area contributed by atoms with Crippen LogP contribution in [0.25, 0.3) is 0 Å². The first-order valence-corrected chi connectivity index (χ1v) is 18.1. The van der Waals surface area contributed by atoms with E-state index in [1.807, 2.05) is 12.1 Å². The van der Waals surface area contributed by atoms with Gasteiger partial charge < -0.3 is 5.32 Å². The predicted octanol–water partition coefficient (Wildman–Crippen LogP) is 7.25. The Balaban J connectivity index is 1.26. The molecule has 2 saturated carbocycles. The van der Waals surface area contributed by atoms with Crippen LogP contribution in [0.4, 0.5) is 0 Å². The predicted molar refractivity (Wildman–Crippen MR) is 157 cm³/mol. The van der Waals surface area contributed by atoms with Gasteiger partial charge >= 0.3 is 0 Å². The molecule has 37 heavy (non-hydrogen) atoms. The second kappa shape index (κ2) is 12.3. The summed E-state index contributed by atoms with van der Waals surface area (Å²) < 4.78 is 23.9. The number of hydrogen-bond donors (Lipinski definition) is 2. The lowest BCUT2D eigenvalue weighted by molar-refractivity contribution is 0.0650. The third-order valence-electron chi connectivity index (χ3n) is 10.3. The summed E-state index contributed by atoms with van der Waals surface area (Å²) in [5.74, 6) is 1.74. The van der Waals surface area contributed by atoms with E-state index in [1.165, 1.54) is 102 Å². The molecule has 2 aliphatic heterocycles. The van der Waals surface area contributed by atoms with Crippen molar-refractivity contribution in [2.75, 3.05) is 12.8 Å². The van der Waals surface area contributed by atoms with Crippen molar-refractivity contribution in [1.82, 2.24) is 10.6 Å². The minimum atomic E-state index is -3.16. The largest absolute Gasteiger partial charge is 0.300 e. The van der Waals surface area contributed by atoms with E-state index in [0.29, 0.717) is 21.7 Å². The van der Waals surface area contributed by atoms with Gasteiger partial charge in [-0.15, -0.1) is 0 Å². The van der Waals surface area contributed by atoms with Gasteiger partial charge in [0.05, 0.1) is 11.1 Å². The Kier molecular flexibility index (Phi) is 9.31. The quantitative estimate of drug-likeness (QED) is 0.368. The van der Waals surface area contributed by atoms with Crippen LogP contribution in [0, 0.1) is 17.3 Å². The van der Waals surface area contributed by atoms with Crippen LogP contribution in [0.15, 0.2) is 29.2 Å². The fourth-order valence-electron chi connectivity index (χ4n) is 7.90. The topological polar surface area (TPSA) is 58.2 Å². The zero-order valence-corrected chi connectivity index (χ0v) is 24.9. The van der Waals surface area contributed by atoms with E-state index in [4.69, 9.17) is 0 Å². The third-order valence-corrected chi connectivity index (χ3v) is 13.3. The van der Waals surface area contributed by atoms with Crippen LogP contribution >= 0.6 is 11.8 Å². The molecule has 0 bridgehead atoms. The molecule has 0 aromatic heterocycles. The molecule has 5 unspecified atom stereocenters. The molecule has 0 radical (unpaired) electrons. The maximum absolute atomic E-state index is 12.0. The van der Waals surface area contributed by atoms with Gasteiger partial charge in [0.1, 0.15) is 0 Å². The van der Waals surface area contributed by atoms with Crippen LogP contribution in [0.2, 0.25) is 0 Å². The van der Waals surface area contributed by atoms with Gasteiger partial charge in [-0.25, -0.2) is 8.42 Å². The van der Waals surface area contributed by atoms with Crippen molar-refractivity contribution in [3.8, 4) is 0 Å². The van der Waals surface area contributed by atoms with Crippen molar-refractivity contribution in [2.45, 2.75) is 131 Å². The molecule has 1 spiro atoms. The number of hydrogen-bond acceptors (Lipinski definition) is 5. The molecule has 2 aliphatic carbocycles. The van der Waals surface area contributed by atoms with Gasteiger partial charge in [0, 0.05) is 29.3 Å². The van der Waals surface area contributed by atoms with Crippen molar-refractivity contribution in [3.05, 3.63) is 29.8 Å². The number of piperidine rings is 1. The van der Waals surface area contributed by atoms with Crippen LogP contribution < -0.4 is 10.6 Å². The van der Waals surface area contributed by atoms with Gasteiger partial charge in [0.2, 0.25) is 0 Å². The monoisotopic (exact) mass is 546 g/mol. The zero-order valence-electron chi connectivity index (χ0n) is 23.2. The second-order valence-electron chi connectivity index (χ2n) is 12.9. The lowest BCUT2D eigenvalue weighted by Crippen LogP contribution is -2.59. The average molecular weight is 547 g/mol. The Morgan fingerprint density at radius 3 is 2.22 bits per heavy atom. The lowest BCUT2D eigenvalue weighted by atomic mass is 9.69. The summed E-state index contributed by atoms with van der Waals surface area (Å²) in [4.78, 5) is 0.414. The summed E-state index contributed by atoms with van der Waals surface area (Å²) in [7, 11) is -3.16. The van der Waals surface area contributed by atoms with Crippen molar-refractivity contribution >= 4 is 21.6 Å². The molecule has 2 N–H and O–H groups in total. The fourth-order valence-corrected chi connectivity index (χ4v) is 10.5. The van der Waals surface area contributed by atoms with E-state index in [1.54, 1.807) is 12.1 Å². The van der Waals surface area contributed by atoms with Gasteiger partial charge in [-0.2, -0.15) is 11.8 Å². The minimum absolute atomic E-state index is 0.285. The Morgan fingerprint density at radius 1 is 0.919 bits per heavy atom. The highest BCUT2D eigenvalue weighted by atomic mass is 32.2. The summed E-state index contributed by atoms with van der Waals surface area (Å²) in [6, 6.07) is 7.92. The Hall–Kier alpha value is -0.560. The maximum Gasteiger partial charge on any atom is 0.175 e. The van der Waals surface area contributed by atoms with E-state index in [-0.39, 0.29) is 6.04 Å². The van der Waals surface area contributed by atoms with Gasteiger partial charge in [-0.3, -0.25) is 5.32 Å². The summed E-state index contributed by atoms with van der Waals surface area (Å²) in [6.07, 6.45) is 22.2. The smallest absolute Gasteiger partial charge is 0.175 e. The highest BCUT2D eigenvalue weighted by Crippen LogP contribution is 2.48. The van der Waals surface area contributed by atoms with Gasteiger partial charge in [-0.05, 0) is 79.9 Å². The van der Waals surface area contributed by atoms with Gasteiger partial charge in [0.15, 0.2) is 9.84 Å². The second-order valence-corrected chi connectivity index (χ2v) is 16.4. The highest BCUT2D eigenvalue weighted by Gasteiger charge is 2.44. The molecule has 4 nitrogen and oxygen atoms in total. The molecule has 5 atom stereocenters. The zero-order chi connectivity index (χ0) is 25.9. The molecule has 4 fully saturated rings. The van der Waals surface area contributed by atoms with Crippen molar-refractivity contribution < 1.29 is 8.42 Å². The number of sulfone groups is 1. The normalized spacial score (nSPS) is 33.7. The highest BCUT2D eigenvalue weighted by molar-refractivity contribution is 8.00. The minimum Gasteiger partial charge on any atom is -0.300 e. The van der Waals surface area contributed by atoms with Crippen LogP contribution in [0.3, 0.4) is 0 Å². The van der Waals surface area contributed by atoms with Gasteiger partial charge in [0.25, 0.3) is 0 Å². The number of thioether (sulfide) groups is 1. The number of nitrogens with one attached hydrogen (secondary N) is 2. The first-order chi connectivity index (χ1) is 17.8. The summed E-state index contributed by atoms with van der Waals surface area (Å²) >= 11 is 2.32. The van der Waals surface area contributed by atoms with Crippen molar-refractivity contribution in [1.29, 1.82) is 0 Å². The van der Waals surface area contributed by atoms with E-state index in [9.17, 15) is 8.42 Å². The van der Waals surface area contributed by atoms with Crippen LogP contribution in [-0.2, 0) is 9.84 Å². The summed E-state index contributed by atoms with van der Waals surface area (Å²) in [5.41, 5.74) is 1.58. The molecule has 1 aromatic carbocycles. The van der Waals surface area contributed by atoms with Crippen molar-refractivity contribution in [2.24, 2.45) is 17.3 Å². The molecule has 4 aliphatic rings. The standard InChI is InChI=1S/C31H50N2O2S2/c1-23-21-28(25-11-7-3-4-8-12-25)36-29(23)22-32-30-31(18-9-5-6-10-19-31)20-17-27(33-30)24-13-15-26(16-14-24)37(2,34)35/h13-16,23,25,27-30,32-33H,3-12,17-22H2,1-2H3. The number of rotatable bonds is 6.